The lowest BCUT2D eigenvalue weighted by Gasteiger charge is -2.21. The third-order valence-electron chi connectivity index (χ3n) is 3.20. The van der Waals surface area contributed by atoms with Gasteiger partial charge in [-0.1, -0.05) is 0 Å². The highest BCUT2D eigenvalue weighted by atomic mass is 32.1. The van der Waals surface area contributed by atoms with E-state index in [1.54, 1.807) is 0 Å². The molecule has 7 N–H and O–H groups in total. The van der Waals surface area contributed by atoms with Gasteiger partial charge in [-0.3, -0.25) is 23.4 Å². The van der Waals surface area contributed by atoms with E-state index < -0.39 is 58.1 Å². The summed E-state index contributed by atoms with van der Waals surface area (Å²) in [6, 6.07) is 0. The van der Waals surface area contributed by atoms with Crippen LogP contribution in [-0.4, -0.2) is 64.3 Å². The molecule has 1 aromatic heterocycles. The Hall–Kier alpha value is -0.960. The highest BCUT2D eigenvalue weighted by Gasteiger charge is 2.49. The highest BCUT2D eigenvalue weighted by molar-refractivity contribution is 7.71. The van der Waals surface area contributed by atoms with Gasteiger partial charge >= 0.3 is 15.6 Å². The van der Waals surface area contributed by atoms with Crippen LogP contribution in [0, 0.1) is 4.77 Å². The van der Waals surface area contributed by atoms with Gasteiger partial charge < -0.3 is 34.5 Å². The van der Waals surface area contributed by atoms with Gasteiger partial charge in [-0.25, -0.2) is 9.13 Å². The predicted octanol–water partition coefficient (Wildman–Crippen LogP) is -1.54. The minimum Gasteiger partial charge on any atom is -0.502 e. The molecule has 148 valence electrons. The van der Waals surface area contributed by atoms with E-state index in [0.717, 1.165) is 10.8 Å². The molecule has 17 heteroatoms. The number of aromatic nitrogens is 2. The molecule has 0 spiro atoms. The average molecular weight is 436 g/mol. The summed E-state index contributed by atoms with van der Waals surface area (Å²) in [5.74, 6) is -0.795. The molecule has 1 aromatic rings. The van der Waals surface area contributed by atoms with E-state index >= 15 is 0 Å². The summed E-state index contributed by atoms with van der Waals surface area (Å²) in [4.78, 5) is 48.7. The summed E-state index contributed by atoms with van der Waals surface area (Å²) in [5.41, 5.74) is -0.928. The van der Waals surface area contributed by atoms with Gasteiger partial charge in [0.1, 0.15) is 18.3 Å². The monoisotopic (exact) mass is 436 g/mol. The van der Waals surface area contributed by atoms with E-state index in [1.165, 1.54) is 0 Å². The number of phosphoric ester groups is 2. The standard InChI is InChI=1S/C9H14N2O12P2S/c12-3-1-11(9(26)10-7(3)14)8-5(13)6(23-25(18,19)20)4(22-8)2-21-24(15,16)17/h1,4-6,8,12-13H,2H2,(H,10,14,26)(H2,15,16,17)(H2,18,19,20). The minimum absolute atomic E-state index is 0.316. The molecular formula is C9H14N2O12P2S. The second-order valence-corrected chi connectivity index (χ2v) is 7.90. The Labute approximate surface area is 149 Å². The van der Waals surface area contributed by atoms with Crippen molar-refractivity contribution in [2.75, 3.05) is 6.61 Å². The molecule has 0 aliphatic carbocycles. The molecule has 4 atom stereocenters. The van der Waals surface area contributed by atoms with Crippen molar-refractivity contribution in [3.8, 4) is 5.75 Å². The van der Waals surface area contributed by atoms with Gasteiger partial charge in [-0.2, -0.15) is 0 Å². The molecule has 0 radical (unpaired) electrons. The molecule has 26 heavy (non-hydrogen) atoms. The minimum atomic E-state index is -5.13. The lowest BCUT2D eigenvalue weighted by atomic mass is 10.1. The SMILES string of the molecule is O=c1[nH]c(=S)n(C2OC(COP(=O)(O)O)C(OP(=O)(O)O)C2O)cc1O. The lowest BCUT2D eigenvalue weighted by Crippen LogP contribution is -2.36. The van der Waals surface area contributed by atoms with Gasteiger partial charge in [0.25, 0.3) is 5.56 Å². The fraction of sp³-hybridized carbons (Fsp3) is 0.556. The number of nitrogens with one attached hydrogen (secondary N) is 1. The van der Waals surface area contributed by atoms with Gasteiger partial charge in [-0.15, -0.1) is 0 Å². The van der Waals surface area contributed by atoms with E-state index in [9.17, 15) is 24.1 Å². The van der Waals surface area contributed by atoms with E-state index in [2.05, 4.69) is 14.0 Å². The van der Waals surface area contributed by atoms with E-state index in [0.29, 0.717) is 0 Å². The molecule has 0 aromatic carbocycles. The van der Waals surface area contributed by atoms with Crippen molar-refractivity contribution in [2.24, 2.45) is 0 Å². The largest absolute Gasteiger partial charge is 0.502 e. The fourth-order valence-corrected chi connectivity index (χ4v) is 3.37. The van der Waals surface area contributed by atoms with Crippen molar-refractivity contribution >= 4 is 27.9 Å². The molecule has 0 saturated carbocycles. The maximum Gasteiger partial charge on any atom is 0.470 e. The zero-order valence-electron chi connectivity index (χ0n) is 12.5. The third kappa shape index (κ3) is 5.28. The molecule has 1 fully saturated rings. The Kier molecular flexibility index (Phi) is 6.22. The Bertz CT molecular complexity index is 872. The van der Waals surface area contributed by atoms with Gasteiger partial charge in [0.15, 0.2) is 16.7 Å². The van der Waals surface area contributed by atoms with E-state index in [1.807, 2.05) is 0 Å². The predicted molar refractivity (Wildman–Crippen MR) is 82.4 cm³/mol. The van der Waals surface area contributed by atoms with Gasteiger partial charge in [-0.05, 0) is 12.2 Å². The van der Waals surface area contributed by atoms with Crippen LogP contribution in [0.15, 0.2) is 11.0 Å². The Balaban J connectivity index is 2.36. The number of aromatic amines is 1. The molecule has 14 nitrogen and oxygen atoms in total. The molecule has 1 saturated heterocycles. The quantitative estimate of drug-likeness (QED) is 0.199. The molecule has 1 aliphatic heterocycles. The first kappa shape index (κ1) is 21.3. The highest BCUT2D eigenvalue weighted by Crippen LogP contribution is 2.45. The first-order valence-electron chi connectivity index (χ1n) is 6.60. The zero-order chi connectivity index (χ0) is 19.9. The zero-order valence-corrected chi connectivity index (χ0v) is 15.1. The number of nitrogens with zero attached hydrogens (tertiary/aromatic N) is 1. The fourth-order valence-electron chi connectivity index (χ4n) is 2.21. The van der Waals surface area contributed by atoms with E-state index in [-0.39, 0.29) is 4.77 Å². The number of H-pyrrole nitrogens is 1. The smallest absolute Gasteiger partial charge is 0.470 e. The molecule has 4 unspecified atom stereocenters. The van der Waals surface area contributed by atoms with Crippen LogP contribution in [0.1, 0.15) is 6.23 Å². The van der Waals surface area contributed by atoms with Crippen molar-refractivity contribution in [3.63, 3.8) is 0 Å². The Morgan fingerprint density at radius 1 is 1.27 bits per heavy atom. The summed E-state index contributed by atoms with van der Waals surface area (Å²) in [5, 5.41) is 19.7. The van der Waals surface area contributed by atoms with Crippen molar-refractivity contribution in [1.29, 1.82) is 0 Å². The maximum atomic E-state index is 11.3. The number of rotatable bonds is 6. The van der Waals surface area contributed by atoms with Crippen LogP contribution < -0.4 is 5.56 Å². The number of aromatic hydroxyl groups is 1. The van der Waals surface area contributed by atoms with Crippen LogP contribution in [0.3, 0.4) is 0 Å². The summed E-state index contributed by atoms with van der Waals surface area (Å²) in [6.45, 7) is -0.898. The molecule has 0 bridgehead atoms. The third-order valence-corrected chi connectivity index (χ3v) is 4.51. The molecule has 1 aliphatic rings. The number of aliphatic hydroxyl groups is 1. The molecular weight excluding hydrogens is 422 g/mol. The Morgan fingerprint density at radius 2 is 1.88 bits per heavy atom. The summed E-state index contributed by atoms with van der Waals surface area (Å²) >= 11 is 4.85. The van der Waals surface area contributed by atoms with Crippen molar-refractivity contribution in [2.45, 2.75) is 24.5 Å². The van der Waals surface area contributed by atoms with Crippen LogP contribution in [0.5, 0.6) is 5.75 Å². The van der Waals surface area contributed by atoms with Crippen molar-refractivity contribution in [3.05, 3.63) is 21.3 Å². The van der Waals surface area contributed by atoms with Gasteiger partial charge in [0.05, 0.1) is 12.8 Å². The number of ether oxygens (including phenoxy) is 1. The topological polar surface area (TPSA) is 221 Å². The lowest BCUT2D eigenvalue weighted by molar-refractivity contribution is -0.0535. The molecule has 2 heterocycles. The van der Waals surface area contributed by atoms with Crippen LogP contribution >= 0.6 is 27.9 Å². The van der Waals surface area contributed by atoms with E-state index in [4.69, 9.17) is 36.5 Å². The number of hydrogen-bond donors (Lipinski definition) is 7. The number of aliphatic hydroxyl groups excluding tert-OH is 1. The summed E-state index contributed by atoms with van der Waals surface area (Å²) in [6.07, 6.45) is -5.85. The van der Waals surface area contributed by atoms with Crippen molar-refractivity contribution in [1.82, 2.24) is 9.55 Å². The van der Waals surface area contributed by atoms with Crippen LogP contribution in [0.2, 0.25) is 0 Å². The summed E-state index contributed by atoms with van der Waals surface area (Å²) < 4.78 is 36.3. The maximum absolute atomic E-state index is 11.3. The van der Waals surface area contributed by atoms with Crippen LogP contribution in [0.4, 0.5) is 0 Å². The second-order valence-electron chi connectivity index (χ2n) is 5.08. The molecule has 0 amide bonds. The van der Waals surface area contributed by atoms with Gasteiger partial charge in [0.2, 0.25) is 0 Å². The average Bonchev–Trinajstić information content (AvgIpc) is 2.75. The normalized spacial score (nSPS) is 27.0. The number of phosphoric acid groups is 2. The first-order chi connectivity index (χ1) is 11.8. The Morgan fingerprint density at radius 3 is 2.42 bits per heavy atom. The molecule has 2 rings (SSSR count). The van der Waals surface area contributed by atoms with Gasteiger partial charge in [0, 0.05) is 0 Å². The summed E-state index contributed by atoms with van der Waals surface area (Å²) in [7, 11) is -10.1. The number of hydrogen-bond acceptors (Lipinski definition) is 9. The second kappa shape index (κ2) is 7.58. The first-order valence-corrected chi connectivity index (χ1v) is 10.1. The van der Waals surface area contributed by atoms with Crippen LogP contribution in [-0.2, 0) is 22.9 Å². The van der Waals surface area contributed by atoms with Crippen molar-refractivity contribution < 1.29 is 52.7 Å². The van der Waals surface area contributed by atoms with Crippen LogP contribution in [0.25, 0.3) is 0 Å².